The molecule has 0 aliphatic heterocycles. The van der Waals surface area contributed by atoms with Crippen molar-refractivity contribution in [2.75, 3.05) is 11.9 Å². The first-order chi connectivity index (χ1) is 10.4. The molecule has 1 aliphatic carbocycles. The highest BCUT2D eigenvalue weighted by atomic mass is 35.5. The van der Waals surface area contributed by atoms with Crippen LogP contribution in [0.25, 0.3) is 0 Å². The maximum Gasteiger partial charge on any atom is 0.313 e. The van der Waals surface area contributed by atoms with Crippen molar-refractivity contribution in [2.24, 2.45) is 0 Å². The summed E-state index contributed by atoms with van der Waals surface area (Å²) in [5.74, 6) is -2.41. The second-order valence-corrected chi connectivity index (χ2v) is 5.57. The summed E-state index contributed by atoms with van der Waals surface area (Å²) in [5, 5.41) is 14.7. The summed E-state index contributed by atoms with van der Waals surface area (Å²) in [6.07, 6.45) is 5.72. The van der Waals surface area contributed by atoms with Crippen LogP contribution < -0.4 is 10.6 Å². The predicted octanol–water partition coefficient (Wildman–Crippen LogP) is 2.00. The lowest BCUT2D eigenvalue weighted by Crippen LogP contribution is -2.45. The quantitative estimate of drug-likeness (QED) is 0.587. The van der Waals surface area contributed by atoms with Crippen molar-refractivity contribution in [3.63, 3.8) is 0 Å². The first-order valence-corrected chi connectivity index (χ1v) is 7.22. The van der Waals surface area contributed by atoms with Crippen molar-refractivity contribution < 1.29 is 19.1 Å². The fourth-order valence-electron chi connectivity index (χ4n) is 2.13. The van der Waals surface area contributed by atoms with Crippen molar-refractivity contribution in [1.82, 2.24) is 5.32 Å². The standard InChI is InChI=1S/C15H16ClFN2O3/c16-11-8-10(4-5-12(11)17)19-14(21)13(20)18-9-15(22)6-2-1-3-7-15/h2,4-6,8,22H,1,3,7,9H2,(H,18,20)(H,19,21). The van der Waals surface area contributed by atoms with Gasteiger partial charge in [-0.2, -0.15) is 0 Å². The minimum Gasteiger partial charge on any atom is -0.384 e. The van der Waals surface area contributed by atoms with Crippen molar-refractivity contribution in [3.05, 3.63) is 41.2 Å². The minimum atomic E-state index is -1.12. The molecule has 22 heavy (non-hydrogen) atoms. The first-order valence-electron chi connectivity index (χ1n) is 6.84. The Labute approximate surface area is 132 Å². The fourth-order valence-corrected chi connectivity index (χ4v) is 2.32. The summed E-state index contributed by atoms with van der Waals surface area (Å²) in [6.45, 7) is -0.0417. The van der Waals surface area contributed by atoms with Crippen LogP contribution in [0.15, 0.2) is 30.4 Å². The van der Waals surface area contributed by atoms with Gasteiger partial charge >= 0.3 is 11.8 Å². The molecule has 0 spiro atoms. The molecule has 1 unspecified atom stereocenters. The molecule has 0 saturated heterocycles. The third kappa shape index (κ3) is 4.29. The Kier molecular flexibility index (Phi) is 5.15. The molecule has 1 aromatic rings. The molecule has 7 heteroatoms. The second-order valence-electron chi connectivity index (χ2n) is 5.16. The van der Waals surface area contributed by atoms with Crippen LogP contribution in [0.2, 0.25) is 5.02 Å². The summed E-state index contributed by atoms with van der Waals surface area (Å²) in [4.78, 5) is 23.4. The molecule has 0 radical (unpaired) electrons. The Bertz CT molecular complexity index is 621. The number of allylic oxidation sites excluding steroid dienone is 1. The molecule has 1 aliphatic rings. The van der Waals surface area contributed by atoms with E-state index in [0.717, 1.165) is 18.9 Å². The Morgan fingerprint density at radius 3 is 2.77 bits per heavy atom. The molecule has 0 bridgehead atoms. The number of anilines is 1. The third-order valence-electron chi connectivity index (χ3n) is 3.35. The summed E-state index contributed by atoms with van der Waals surface area (Å²) in [5.41, 5.74) is -0.907. The van der Waals surface area contributed by atoms with Gasteiger partial charge in [-0.3, -0.25) is 9.59 Å². The topological polar surface area (TPSA) is 78.4 Å². The van der Waals surface area contributed by atoms with Gasteiger partial charge in [0.05, 0.1) is 11.6 Å². The van der Waals surface area contributed by atoms with Crippen LogP contribution in [0, 0.1) is 5.82 Å². The van der Waals surface area contributed by atoms with Gasteiger partial charge in [-0.05, 0) is 37.5 Å². The van der Waals surface area contributed by atoms with Gasteiger partial charge in [0.1, 0.15) is 11.4 Å². The maximum atomic E-state index is 13.0. The van der Waals surface area contributed by atoms with Gasteiger partial charge in [-0.25, -0.2) is 4.39 Å². The molecule has 1 aromatic carbocycles. The van der Waals surface area contributed by atoms with Crippen LogP contribution in [-0.2, 0) is 9.59 Å². The lowest BCUT2D eigenvalue weighted by atomic mass is 9.91. The number of hydrogen-bond acceptors (Lipinski definition) is 3. The summed E-state index contributed by atoms with van der Waals surface area (Å²) >= 11 is 5.59. The van der Waals surface area contributed by atoms with E-state index >= 15 is 0 Å². The first kappa shape index (κ1) is 16.5. The van der Waals surface area contributed by atoms with E-state index in [4.69, 9.17) is 11.6 Å². The molecule has 2 amide bonds. The minimum absolute atomic E-state index is 0.0417. The molecule has 0 saturated carbocycles. The van der Waals surface area contributed by atoms with Gasteiger partial charge in [-0.15, -0.1) is 0 Å². The van der Waals surface area contributed by atoms with Crippen LogP contribution in [-0.4, -0.2) is 29.1 Å². The van der Waals surface area contributed by atoms with Crippen LogP contribution in [0.1, 0.15) is 19.3 Å². The fraction of sp³-hybridized carbons (Fsp3) is 0.333. The maximum absolute atomic E-state index is 13.0. The number of carbonyl (C=O) groups excluding carboxylic acids is 2. The van der Waals surface area contributed by atoms with Gasteiger partial charge in [0.25, 0.3) is 0 Å². The number of halogens is 2. The van der Waals surface area contributed by atoms with Crippen molar-refractivity contribution in [2.45, 2.75) is 24.9 Å². The lowest BCUT2D eigenvalue weighted by Gasteiger charge is -2.27. The Balaban J connectivity index is 1.89. The SMILES string of the molecule is O=C(NCC1(O)C=CCCC1)C(=O)Nc1ccc(F)c(Cl)c1. The van der Waals surface area contributed by atoms with E-state index in [0.29, 0.717) is 6.42 Å². The van der Waals surface area contributed by atoms with E-state index in [1.54, 1.807) is 6.08 Å². The van der Waals surface area contributed by atoms with E-state index in [1.165, 1.54) is 12.1 Å². The monoisotopic (exact) mass is 326 g/mol. The van der Waals surface area contributed by atoms with Crippen LogP contribution in [0.4, 0.5) is 10.1 Å². The largest absolute Gasteiger partial charge is 0.384 e. The van der Waals surface area contributed by atoms with Crippen molar-refractivity contribution >= 4 is 29.1 Å². The zero-order valence-corrected chi connectivity index (χ0v) is 12.5. The van der Waals surface area contributed by atoms with Crippen molar-refractivity contribution in [3.8, 4) is 0 Å². The van der Waals surface area contributed by atoms with E-state index in [2.05, 4.69) is 10.6 Å². The van der Waals surface area contributed by atoms with Gasteiger partial charge in [0.2, 0.25) is 0 Å². The molecule has 118 valence electrons. The number of carbonyl (C=O) groups is 2. The van der Waals surface area contributed by atoms with Gasteiger partial charge < -0.3 is 15.7 Å². The van der Waals surface area contributed by atoms with Gasteiger partial charge in [0.15, 0.2) is 0 Å². The molecule has 0 aromatic heterocycles. The number of nitrogens with one attached hydrogen (secondary N) is 2. The van der Waals surface area contributed by atoms with Gasteiger partial charge in [-0.1, -0.05) is 23.8 Å². The molecule has 2 rings (SSSR count). The Morgan fingerprint density at radius 1 is 1.36 bits per heavy atom. The normalized spacial score (nSPS) is 20.5. The van der Waals surface area contributed by atoms with Crippen LogP contribution >= 0.6 is 11.6 Å². The predicted molar refractivity (Wildman–Crippen MR) is 81.0 cm³/mol. The average Bonchev–Trinajstić information content (AvgIpc) is 2.49. The molecule has 1 atom stereocenters. The van der Waals surface area contributed by atoms with E-state index in [9.17, 15) is 19.1 Å². The average molecular weight is 327 g/mol. The highest BCUT2D eigenvalue weighted by Crippen LogP contribution is 2.21. The smallest absolute Gasteiger partial charge is 0.313 e. The lowest BCUT2D eigenvalue weighted by molar-refractivity contribution is -0.136. The molecule has 0 fully saturated rings. The molecule has 3 N–H and O–H groups in total. The number of rotatable bonds is 3. The van der Waals surface area contributed by atoms with Crippen LogP contribution in [0.5, 0.6) is 0 Å². The van der Waals surface area contributed by atoms with Crippen molar-refractivity contribution in [1.29, 1.82) is 0 Å². The number of aliphatic hydroxyl groups is 1. The number of benzene rings is 1. The summed E-state index contributed by atoms with van der Waals surface area (Å²) < 4.78 is 13.0. The molecule has 5 nitrogen and oxygen atoms in total. The zero-order chi connectivity index (χ0) is 16.2. The zero-order valence-electron chi connectivity index (χ0n) is 11.7. The van der Waals surface area contributed by atoms with Crippen LogP contribution in [0.3, 0.4) is 0 Å². The molecular formula is C15H16ClFN2O3. The highest BCUT2D eigenvalue weighted by Gasteiger charge is 2.27. The molecule has 0 heterocycles. The van der Waals surface area contributed by atoms with E-state index in [-0.39, 0.29) is 17.3 Å². The Hall–Kier alpha value is -1.92. The second kappa shape index (κ2) is 6.89. The summed E-state index contributed by atoms with van der Waals surface area (Å²) in [6, 6.07) is 3.59. The van der Waals surface area contributed by atoms with Gasteiger partial charge in [0, 0.05) is 5.69 Å². The summed E-state index contributed by atoms with van der Waals surface area (Å²) in [7, 11) is 0. The highest BCUT2D eigenvalue weighted by molar-refractivity contribution is 6.39. The number of hydrogen-bond donors (Lipinski definition) is 3. The molecular weight excluding hydrogens is 311 g/mol. The Morgan fingerprint density at radius 2 is 2.14 bits per heavy atom. The van der Waals surface area contributed by atoms with E-state index in [1.807, 2.05) is 6.08 Å². The number of amides is 2. The van der Waals surface area contributed by atoms with E-state index < -0.39 is 23.2 Å². The third-order valence-corrected chi connectivity index (χ3v) is 3.64.